The number of aromatic amines is 1. The standard InChI is InChI=1S/C21H24N4O2S/c1-5-7-19-22-21(24-23-19)28-18(20(26)27)12-16-11-14(3)25(15(16)4)17-9-6-8-13(2)10-17/h6,8-12H,5,7H2,1-4H3,(H,26,27)(H,22,23,24)/b18-12+. The van der Waals surface area contributed by atoms with Crippen molar-refractivity contribution in [1.82, 2.24) is 19.7 Å². The zero-order chi connectivity index (χ0) is 20.3. The highest BCUT2D eigenvalue weighted by Gasteiger charge is 2.16. The maximum Gasteiger partial charge on any atom is 0.342 e. The van der Waals surface area contributed by atoms with Gasteiger partial charge in [0.15, 0.2) is 0 Å². The lowest BCUT2D eigenvalue weighted by molar-refractivity contribution is -0.131. The molecule has 3 aromatic rings. The minimum absolute atomic E-state index is 0.187. The first-order chi connectivity index (χ1) is 13.4. The summed E-state index contributed by atoms with van der Waals surface area (Å²) in [6.45, 7) is 8.13. The van der Waals surface area contributed by atoms with E-state index in [1.807, 2.05) is 26.0 Å². The minimum atomic E-state index is -0.993. The molecule has 146 valence electrons. The molecule has 0 unspecified atom stereocenters. The van der Waals surface area contributed by atoms with E-state index in [-0.39, 0.29) is 4.91 Å². The van der Waals surface area contributed by atoms with Gasteiger partial charge in [-0.3, -0.25) is 5.10 Å². The molecule has 2 aromatic heterocycles. The normalized spacial score (nSPS) is 11.8. The Bertz CT molecular complexity index is 1030. The van der Waals surface area contributed by atoms with Crippen molar-refractivity contribution in [3.8, 4) is 5.69 Å². The number of carbonyl (C=O) groups is 1. The molecule has 7 heteroatoms. The second-order valence-corrected chi connectivity index (χ2v) is 7.74. The molecule has 0 bridgehead atoms. The van der Waals surface area contributed by atoms with Crippen LogP contribution in [0, 0.1) is 20.8 Å². The molecule has 0 fully saturated rings. The maximum absolute atomic E-state index is 11.8. The van der Waals surface area contributed by atoms with Gasteiger partial charge in [0.05, 0.1) is 0 Å². The molecule has 1 aromatic carbocycles. The molecular formula is C21H24N4O2S. The number of rotatable bonds is 7. The number of aliphatic carboxylic acids is 1. The number of thioether (sulfide) groups is 1. The lowest BCUT2D eigenvalue weighted by Crippen LogP contribution is -2.00. The Balaban J connectivity index is 1.95. The fraction of sp³-hybridized carbons (Fsp3) is 0.286. The largest absolute Gasteiger partial charge is 0.477 e. The molecule has 0 saturated carbocycles. The summed E-state index contributed by atoms with van der Waals surface area (Å²) in [6, 6.07) is 10.2. The number of aryl methyl sites for hydroxylation is 3. The summed E-state index contributed by atoms with van der Waals surface area (Å²) in [4.78, 5) is 16.3. The highest BCUT2D eigenvalue weighted by Crippen LogP contribution is 2.29. The number of benzene rings is 1. The minimum Gasteiger partial charge on any atom is -0.477 e. The van der Waals surface area contributed by atoms with Crippen molar-refractivity contribution >= 4 is 23.8 Å². The molecule has 6 nitrogen and oxygen atoms in total. The van der Waals surface area contributed by atoms with E-state index >= 15 is 0 Å². The predicted molar refractivity (Wildman–Crippen MR) is 112 cm³/mol. The van der Waals surface area contributed by atoms with Crippen molar-refractivity contribution in [1.29, 1.82) is 0 Å². The van der Waals surface area contributed by atoms with Crippen molar-refractivity contribution in [3.63, 3.8) is 0 Å². The van der Waals surface area contributed by atoms with Crippen LogP contribution in [0.1, 0.15) is 41.7 Å². The number of nitrogens with one attached hydrogen (secondary N) is 1. The van der Waals surface area contributed by atoms with Crippen LogP contribution < -0.4 is 0 Å². The lowest BCUT2D eigenvalue weighted by atomic mass is 10.2. The van der Waals surface area contributed by atoms with Crippen LogP contribution in [-0.4, -0.2) is 30.8 Å². The van der Waals surface area contributed by atoms with E-state index in [4.69, 9.17) is 0 Å². The zero-order valence-electron chi connectivity index (χ0n) is 16.5. The Labute approximate surface area is 168 Å². The summed E-state index contributed by atoms with van der Waals surface area (Å²) in [7, 11) is 0. The number of H-pyrrole nitrogens is 1. The molecule has 0 saturated heterocycles. The SMILES string of the molecule is CCCc1nc(S/C(=C/c2cc(C)n(-c3cccc(C)c3)c2C)C(=O)O)n[nH]1. The van der Waals surface area contributed by atoms with E-state index in [2.05, 4.69) is 51.8 Å². The Hall–Kier alpha value is -2.80. The average Bonchev–Trinajstić information content (AvgIpc) is 3.18. The second-order valence-electron chi connectivity index (χ2n) is 6.73. The van der Waals surface area contributed by atoms with Gasteiger partial charge in [-0.1, -0.05) is 19.1 Å². The average molecular weight is 397 g/mol. The van der Waals surface area contributed by atoms with Gasteiger partial charge in [-0.2, -0.15) is 0 Å². The van der Waals surface area contributed by atoms with Gasteiger partial charge >= 0.3 is 5.97 Å². The molecule has 0 aliphatic carbocycles. The van der Waals surface area contributed by atoms with Crippen LogP contribution >= 0.6 is 11.8 Å². The lowest BCUT2D eigenvalue weighted by Gasteiger charge is -2.10. The zero-order valence-corrected chi connectivity index (χ0v) is 17.3. The molecular weight excluding hydrogens is 372 g/mol. The van der Waals surface area contributed by atoms with Gasteiger partial charge in [-0.05, 0) is 74.4 Å². The first-order valence-electron chi connectivity index (χ1n) is 9.19. The van der Waals surface area contributed by atoms with E-state index in [0.717, 1.165) is 53.1 Å². The number of carboxylic acid groups (broad SMARTS) is 1. The second kappa shape index (κ2) is 8.48. The quantitative estimate of drug-likeness (QED) is 0.447. The van der Waals surface area contributed by atoms with Crippen molar-refractivity contribution in [2.24, 2.45) is 0 Å². The Morgan fingerprint density at radius 1 is 1.29 bits per heavy atom. The van der Waals surface area contributed by atoms with Crippen LogP contribution in [0.3, 0.4) is 0 Å². The van der Waals surface area contributed by atoms with Crippen LogP contribution in [0.5, 0.6) is 0 Å². The van der Waals surface area contributed by atoms with Crippen molar-refractivity contribution in [3.05, 3.63) is 63.6 Å². The van der Waals surface area contributed by atoms with Crippen LogP contribution in [0.25, 0.3) is 11.8 Å². The molecule has 3 rings (SSSR count). The third kappa shape index (κ3) is 4.36. The van der Waals surface area contributed by atoms with Crippen molar-refractivity contribution in [2.45, 2.75) is 45.7 Å². The van der Waals surface area contributed by atoms with Gasteiger partial charge < -0.3 is 9.67 Å². The maximum atomic E-state index is 11.8. The third-order valence-corrected chi connectivity index (χ3v) is 5.30. The van der Waals surface area contributed by atoms with E-state index in [0.29, 0.717) is 5.16 Å². The molecule has 0 spiro atoms. The topological polar surface area (TPSA) is 83.8 Å². The molecule has 2 N–H and O–H groups in total. The molecule has 0 radical (unpaired) electrons. The van der Waals surface area contributed by atoms with E-state index in [1.54, 1.807) is 6.08 Å². The summed E-state index contributed by atoms with van der Waals surface area (Å²) in [5.74, 6) is -0.223. The van der Waals surface area contributed by atoms with Crippen molar-refractivity contribution < 1.29 is 9.90 Å². The fourth-order valence-electron chi connectivity index (χ4n) is 3.14. The van der Waals surface area contributed by atoms with Gasteiger partial charge in [-0.15, -0.1) is 5.10 Å². The monoisotopic (exact) mass is 396 g/mol. The highest BCUT2D eigenvalue weighted by atomic mass is 32.2. The summed E-state index contributed by atoms with van der Waals surface area (Å²) < 4.78 is 2.13. The van der Waals surface area contributed by atoms with Gasteiger partial charge in [0.2, 0.25) is 5.16 Å². The van der Waals surface area contributed by atoms with Gasteiger partial charge in [-0.25, -0.2) is 9.78 Å². The first kappa shape index (κ1) is 19.9. The molecule has 2 heterocycles. The van der Waals surface area contributed by atoms with Crippen LogP contribution in [-0.2, 0) is 11.2 Å². The smallest absolute Gasteiger partial charge is 0.342 e. The first-order valence-corrected chi connectivity index (χ1v) is 10.0. The summed E-state index contributed by atoms with van der Waals surface area (Å²) in [5.41, 5.74) is 5.15. The van der Waals surface area contributed by atoms with E-state index in [1.165, 1.54) is 5.56 Å². The number of hydrogen-bond donors (Lipinski definition) is 2. The molecule has 0 atom stereocenters. The van der Waals surface area contributed by atoms with Gasteiger partial charge in [0, 0.05) is 23.5 Å². The predicted octanol–water partition coefficient (Wildman–Crippen LogP) is 4.69. The van der Waals surface area contributed by atoms with E-state index in [9.17, 15) is 9.90 Å². The van der Waals surface area contributed by atoms with Crippen molar-refractivity contribution in [2.75, 3.05) is 0 Å². The Morgan fingerprint density at radius 3 is 2.75 bits per heavy atom. The molecule has 0 amide bonds. The number of nitrogens with zero attached hydrogens (tertiary/aromatic N) is 3. The van der Waals surface area contributed by atoms with Crippen LogP contribution in [0.15, 0.2) is 40.4 Å². The third-order valence-electron chi connectivity index (χ3n) is 4.43. The summed E-state index contributed by atoms with van der Waals surface area (Å²) >= 11 is 1.06. The van der Waals surface area contributed by atoms with Crippen LogP contribution in [0.4, 0.5) is 0 Å². The molecule has 0 aliphatic heterocycles. The van der Waals surface area contributed by atoms with E-state index < -0.39 is 5.97 Å². The number of hydrogen-bond acceptors (Lipinski definition) is 4. The Morgan fingerprint density at radius 2 is 2.07 bits per heavy atom. The van der Waals surface area contributed by atoms with Gasteiger partial charge in [0.25, 0.3) is 0 Å². The summed E-state index contributed by atoms with van der Waals surface area (Å²) in [6.07, 6.45) is 3.43. The molecule has 28 heavy (non-hydrogen) atoms. The Kier molecular flexibility index (Phi) is 6.04. The highest BCUT2D eigenvalue weighted by molar-refractivity contribution is 8.04. The number of aromatic nitrogens is 4. The number of carboxylic acids is 1. The molecule has 0 aliphatic rings. The van der Waals surface area contributed by atoms with Gasteiger partial charge in [0.1, 0.15) is 10.7 Å². The summed E-state index contributed by atoms with van der Waals surface area (Å²) in [5, 5.41) is 17.1. The van der Waals surface area contributed by atoms with Crippen LogP contribution in [0.2, 0.25) is 0 Å². The fourth-order valence-corrected chi connectivity index (χ4v) is 3.86.